The lowest BCUT2D eigenvalue weighted by Crippen LogP contribution is -2.00. The van der Waals surface area contributed by atoms with Crippen molar-refractivity contribution in [1.82, 2.24) is 9.55 Å². The van der Waals surface area contributed by atoms with E-state index in [1.54, 1.807) is 7.11 Å². The summed E-state index contributed by atoms with van der Waals surface area (Å²) in [6.07, 6.45) is 1.89. The number of ether oxygens (including phenoxy) is 1. The number of methoxy groups -OCH3 is 1. The minimum absolute atomic E-state index is 0.470. The van der Waals surface area contributed by atoms with Crippen LogP contribution in [0.25, 0.3) is 5.69 Å². The Labute approximate surface area is 102 Å². The van der Waals surface area contributed by atoms with Gasteiger partial charge in [-0.1, -0.05) is 15.9 Å². The number of anilines is 1. The molecule has 0 amide bonds. The van der Waals surface area contributed by atoms with Crippen molar-refractivity contribution in [2.24, 2.45) is 0 Å². The second kappa shape index (κ2) is 4.17. The molecule has 84 valence electrons. The van der Waals surface area contributed by atoms with Gasteiger partial charge in [-0.3, -0.25) is 4.57 Å². The SMILES string of the molecule is COc1cc(Br)cc(-n2cc(C)nc2N)c1. The Balaban J connectivity index is 2.55. The van der Waals surface area contributed by atoms with Crippen LogP contribution in [0, 0.1) is 6.92 Å². The van der Waals surface area contributed by atoms with E-state index in [4.69, 9.17) is 10.5 Å². The highest BCUT2D eigenvalue weighted by molar-refractivity contribution is 9.10. The van der Waals surface area contributed by atoms with Gasteiger partial charge in [-0.25, -0.2) is 4.98 Å². The van der Waals surface area contributed by atoms with Gasteiger partial charge in [0.1, 0.15) is 5.75 Å². The maximum Gasteiger partial charge on any atom is 0.205 e. The molecule has 1 aromatic heterocycles. The van der Waals surface area contributed by atoms with Crippen LogP contribution in [-0.2, 0) is 0 Å². The first-order valence-electron chi connectivity index (χ1n) is 4.76. The number of hydrogen-bond donors (Lipinski definition) is 1. The summed E-state index contributed by atoms with van der Waals surface area (Å²) in [5.74, 6) is 1.24. The molecule has 0 radical (unpaired) electrons. The normalized spacial score (nSPS) is 10.4. The van der Waals surface area contributed by atoms with Crippen LogP contribution in [0.15, 0.2) is 28.9 Å². The second-order valence-electron chi connectivity index (χ2n) is 3.46. The number of hydrogen-bond acceptors (Lipinski definition) is 3. The van der Waals surface area contributed by atoms with E-state index in [2.05, 4.69) is 20.9 Å². The first-order chi connectivity index (χ1) is 7.60. The van der Waals surface area contributed by atoms with Crippen molar-refractivity contribution in [3.8, 4) is 11.4 Å². The summed E-state index contributed by atoms with van der Waals surface area (Å²) < 4.78 is 7.96. The summed E-state index contributed by atoms with van der Waals surface area (Å²) in [5.41, 5.74) is 7.62. The fraction of sp³-hybridized carbons (Fsp3) is 0.182. The van der Waals surface area contributed by atoms with Crippen LogP contribution in [0.4, 0.5) is 5.95 Å². The van der Waals surface area contributed by atoms with Crippen LogP contribution in [0.2, 0.25) is 0 Å². The molecule has 0 bridgehead atoms. The van der Waals surface area contributed by atoms with Crippen molar-refractivity contribution < 1.29 is 4.74 Å². The van der Waals surface area contributed by atoms with E-state index in [9.17, 15) is 0 Å². The van der Waals surface area contributed by atoms with Gasteiger partial charge in [-0.15, -0.1) is 0 Å². The summed E-state index contributed by atoms with van der Waals surface area (Å²) >= 11 is 3.43. The highest BCUT2D eigenvalue weighted by atomic mass is 79.9. The standard InChI is InChI=1S/C11H12BrN3O/c1-7-6-15(11(13)14-7)9-3-8(12)4-10(5-9)16-2/h3-6H,1-2H3,(H2,13,14). The number of aromatic nitrogens is 2. The van der Waals surface area contributed by atoms with Crippen LogP contribution in [0.1, 0.15) is 5.69 Å². The molecule has 1 aromatic carbocycles. The average Bonchev–Trinajstić information content (AvgIpc) is 2.57. The molecule has 0 atom stereocenters. The van der Waals surface area contributed by atoms with Crippen molar-refractivity contribution in [3.05, 3.63) is 34.6 Å². The molecule has 0 saturated carbocycles. The Morgan fingerprint density at radius 3 is 2.69 bits per heavy atom. The minimum Gasteiger partial charge on any atom is -0.497 e. The highest BCUT2D eigenvalue weighted by Gasteiger charge is 2.06. The molecule has 0 unspecified atom stereocenters. The Morgan fingerprint density at radius 1 is 1.38 bits per heavy atom. The third-order valence-electron chi connectivity index (χ3n) is 2.22. The van der Waals surface area contributed by atoms with E-state index in [0.717, 1.165) is 21.6 Å². The maximum absolute atomic E-state index is 5.81. The molecular weight excluding hydrogens is 270 g/mol. The molecule has 0 aliphatic heterocycles. The molecule has 2 rings (SSSR count). The minimum atomic E-state index is 0.470. The molecule has 2 aromatic rings. The van der Waals surface area contributed by atoms with E-state index >= 15 is 0 Å². The Hall–Kier alpha value is -1.49. The maximum atomic E-state index is 5.81. The van der Waals surface area contributed by atoms with E-state index in [1.165, 1.54) is 0 Å². The molecule has 0 fully saturated rings. The number of nitrogen functional groups attached to an aromatic ring is 1. The molecule has 2 N–H and O–H groups in total. The third kappa shape index (κ3) is 2.04. The fourth-order valence-electron chi connectivity index (χ4n) is 1.53. The van der Waals surface area contributed by atoms with E-state index in [1.807, 2.05) is 35.9 Å². The lowest BCUT2D eigenvalue weighted by Gasteiger charge is -2.07. The van der Waals surface area contributed by atoms with Gasteiger partial charge in [0.05, 0.1) is 18.5 Å². The second-order valence-corrected chi connectivity index (χ2v) is 4.38. The van der Waals surface area contributed by atoms with Crippen LogP contribution in [-0.4, -0.2) is 16.7 Å². The Kier molecular flexibility index (Phi) is 2.87. The predicted octanol–water partition coefficient (Wildman–Crippen LogP) is 2.53. The first kappa shape index (κ1) is 11.0. The summed E-state index contributed by atoms with van der Waals surface area (Å²) in [5, 5.41) is 0. The van der Waals surface area contributed by atoms with E-state index in [0.29, 0.717) is 5.95 Å². The van der Waals surface area contributed by atoms with Crippen LogP contribution < -0.4 is 10.5 Å². The number of halogens is 1. The van der Waals surface area contributed by atoms with Gasteiger partial charge >= 0.3 is 0 Å². The van der Waals surface area contributed by atoms with Gasteiger partial charge in [0, 0.05) is 16.7 Å². The first-order valence-corrected chi connectivity index (χ1v) is 5.56. The average molecular weight is 282 g/mol. The Bertz CT molecular complexity index is 522. The molecule has 0 aliphatic carbocycles. The van der Waals surface area contributed by atoms with Crippen molar-refractivity contribution in [1.29, 1.82) is 0 Å². The van der Waals surface area contributed by atoms with Gasteiger partial charge in [0.15, 0.2) is 0 Å². The Morgan fingerprint density at radius 2 is 2.12 bits per heavy atom. The van der Waals surface area contributed by atoms with Crippen molar-refractivity contribution in [3.63, 3.8) is 0 Å². The zero-order valence-electron chi connectivity index (χ0n) is 9.07. The smallest absolute Gasteiger partial charge is 0.205 e. The van der Waals surface area contributed by atoms with Gasteiger partial charge in [0.25, 0.3) is 0 Å². The van der Waals surface area contributed by atoms with Gasteiger partial charge in [-0.05, 0) is 19.1 Å². The van der Waals surface area contributed by atoms with E-state index < -0.39 is 0 Å². The fourth-order valence-corrected chi connectivity index (χ4v) is 1.99. The monoisotopic (exact) mass is 281 g/mol. The van der Waals surface area contributed by atoms with Crippen LogP contribution in [0.3, 0.4) is 0 Å². The zero-order valence-corrected chi connectivity index (χ0v) is 10.7. The highest BCUT2D eigenvalue weighted by Crippen LogP contribution is 2.25. The summed E-state index contributed by atoms with van der Waals surface area (Å²) in [7, 11) is 1.63. The topological polar surface area (TPSA) is 53.1 Å². The number of nitrogens with two attached hydrogens (primary N) is 1. The van der Waals surface area contributed by atoms with Crippen LogP contribution >= 0.6 is 15.9 Å². The predicted molar refractivity (Wildman–Crippen MR) is 67.0 cm³/mol. The third-order valence-corrected chi connectivity index (χ3v) is 2.68. The van der Waals surface area contributed by atoms with E-state index in [-0.39, 0.29) is 0 Å². The van der Waals surface area contributed by atoms with Gasteiger partial charge in [0.2, 0.25) is 5.95 Å². The lowest BCUT2D eigenvalue weighted by molar-refractivity contribution is 0.414. The van der Waals surface area contributed by atoms with Crippen molar-refractivity contribution in [2.45, 2.75) is 6.92 Å². The van der Waals surface area contributed by atoms with Crippen molar-refractivity contribution in [2.75, 3.05) is 12.8 Å². The van der Waals surface area contributed by atoms with Crippen LogP contribution in [0.5, 0.6) is 5.75 Å². The summed E-state index contributed by atoms with van der Waals surface area (Å²) in [6.45, 7) is 1.90. The molecule has 1 heterocycles. The number of nitrogens with zero attached hydrogens (tertiary/aromatic N) is 2. The van der Waals surface area contributed by atoms with Gasteiger partial charge in [-0.2, -0.15) is 0 Å². The number of rotatable bonds is 2. The number of benzene rings is 1. The molecular formula is C11H12BrN3O. The summed E-state index contributed by atoms with van der Waals surface area (Å²) in [4.78, 5) is 4.16. The molecule has 0 saturated heterocycles. The molecule has 0 spiro atoms. The zero-order chi connectivity index (χ0) is 11.7. The van der Waals surface area contributed by atoms with Crippen molar-refractivity contribution >= 4 is 21.9 Å². The van der Waals surface area contributed by atoms with Gasteiger partial charge < -0.3 is 10.5 Å². The summed E-state index contributed by atoms with van der Waals surface area (Å²) in [6, 6.07) is 5.76. The lowest BCUT2D eigenvalue weighted by atomic mass is 10.3. The molecule has 16 heavy (non-hydrogen) atoms. The molecule has 5 heteroatoms. The molecule has 4 nitrogen and oxygen atoms in total. The number of imidazole rings is 1. The largest absolute Gasteiger partial charge is 0.497 e. The quantitative estimate of drug-likeness (QED) is 0.920. The molecule has 0 aliphatic rings. The number of aryl methyl sites for hydroxylation is 1.